The van der Waals surface area contributed by atoms with Gasteiger partial charge in [0.15, 0.2) is 0 Å². The molecule has 0 atom stereocenters. The first kappa shape index (κ1) is 16.0. The zero-order valence-electron chi connectivity index (χ0n) is 12.6. The van der Waals surface area contributed by atoms with Gasteiger partial charge in [-0.1, -0.05) is 6.07 Å². The molecule has 0 spiro atoms. The van der Waals surface area contributed by atoms with Gasteiger partial charge >= 0.3 is 7.48 Å². The van der Waals surface area contributed by atoms with Gasteiger partial charge in [0.05, 0.1) is 11.2 Å². The molecule has 0 aliphatic carbocycles. The fraction of sp³-hybridized carbons (Fsp3) is 0.643. The van der Waals surface area contributed by atoms with Crippen molar-refractivity contribution in [1.82, 2.24) is 4.57 Å². The molecule has 0 aromatic carbocycles. The van der Waals surface area contributed by atoms with Crippen molar-refractivity contribution >= 4 is 12.9 Å². The molecule has 1 radical (unpaired) electrons. The van der Waals surface area contributed by atoms with E-state index in [0.29, 0.717) is 0 Å². The minimum Gasteiger partial charge on any atom is -0.427 e. The SMILES string of the molecule is CC(C)n1cc([B]OC(C)(C)C(C)(C)O)ccc1=O. The van der Waals surface area contributed by atoms with Crippen LogP contribution in [0.4, 0.5) is 0 Å². The van der Waals surface area contributed by atoms with Gasteiger partial charge in [-0.05, 0) is 47.0 Å². The zero-order chi connectivity index (χ0) is 14.8. The van der Waals surface area contributed by atoms with Crippen molar-refractivity contribution in [2.45, 2.75) is 58.8 Å². The van der Waals surface area contributed by atoms with Gasteiger partial charge in [-0.15, -0.1) is 0 Å². The third-order valence-corrected chi connectivity index (χ3v) is 3.48. The van der Waals surface area contributed by atoms with Gasteiger partial charge in [0.1, 0.15) is 0 Å². The Balaban J connectivity index is 2.85. The number of hydrogen-bond acceptors (Lipinski definition) is 3. The maximum Gasteiger partial charge on any atom is 0.332 e. The molecule has 0 unspecified atom stereocenters. The molecule has 105 valence electrons. The highest BCUT2D eigenvalue weighted by molar-refractivity contribution is 6.46. The Hall–Kier alpha value is -1.07. The fourth-order valence-electron chi connectivity index (χ4n) is 1.35. The van der Waals surface area contributed by atoms with Crippen LogP contribution in [0, 0.1) is 0 Å². The highest BCUT2D eigenvalue weighted by atomic mass is 16.5. The van der Waals surface area contributed by atoms with Crippen molar-refractivity contribution in [3.05, 3.63) is 28.7 Å². The summed E-state index contributed by atoms with van der Waals surface area (Å²) < 4.78 is 7.31. The predicted molar refractivity (Wildman–Crippen MR) is 77.9 cm³/mol. The summed E-state index contributed by atoms with van der Waals surface area (Å²) in [5.74, 6) is 0. The summed E-state index contributed by atoms with van der Waals surface area (Å²) in [6.07, 6.45) is 1.76. The van der Waals surface area contributed by atoms with Gasteiger partial charge in [-0.25, -0.2) is 0 Å². The van der Waals surface area contributed by atoms with Crippen molar-refractivity contribution in [3.63, 3.8) is 0 Å². The van der Waals surface area contributed by atoms with E-state index in [9.17, 15) is 9.90 Å². The average Bonchev–Trinajstić information content (AvgIpc) is 2.26. The summed E-state index contributed by atoms with van der Waals surface area (Å²) in [6.45, 7) is 11.0. The second kappa shape index (κ2) is 5.51. The van der Waals surface area contributed by atoms with Crippen LogP contribution in [-0.2, 0) is 4.65 Å². The van der Waals surface area contributed by atoms with E-state index in [0.717, 1.165) is 5.46 Å². The lowest BCUT2D eigenvalue weighted by molar-refractivity contribution is -0.0893. The maximum absolute atomic E-state index is 11.6. The molecular weight excluding hydrogens is 241 g/mol. The monoisotopic (exact) mass is 264 g/mol. The summed E-state index contributed by atoms with van der Waals surface area (Å²) in [5.41, 5.74) is -0.915. The van der Waals surface area contributed by atoms with Crippen LogP contribution < -0.4 is 11.0 Å². The van der Waals surface area contributed by atoms with Crippen LogP contribution in [0.2, 0.25) is 0 Å². The molecule has 0 fully saturated rings. The highest BCUT2D eigenvalue weighted by Crippen LogP contribution is 2.24. The van der Waals surface area contributed by atoms with Crippen LogP contribution in [0.1, 0.15) is 47.6 Å². The van der Waals surface area contributed by atoms with Crippen LogP contribution in [0.3, 0.4) is 0 Å². The Labute approximate surface area is 115 Å². The minimum atomic E-state index is -0.962. The lowest BCUT2D eigenvalue weighted by Crippen LogP contribution is -2.49. The number of aliphatic hydroxyl groups is 1. The van der Waals surface area contributed by atoms with Crippen LogP contribution in [0.5, 0.6) is 0 Å². The summed E-state index contributed by atoms with van der Waals surface area (Å²) >= 11 is 0. The van der Waals surface area contributed by atoms with Crippen molar-refractivity contribution < 1.29 is 9.76 Å². The smallest absolute Gasteiger partial charge is 0.332 e. The second-order valence-corrected chi connectivity index (χ2v) is 6.11. The van der Waals surface area contributed by atoms with Gasteiger partial charge in [-0.2, -0.15) is 0 Å². The Kier molecular flexibility index (Phi) is 4.64. The van der Waals surface area contributed by atoms with E-state index in [2.05, 4.69) is 0 Å². The summed E-state index contributed by atoms with van der Waals surface area (Å²) in [6, 6.07) is 3.33. The molecule has 0 aliphatic rings. The predicted octanol–water partition coefficient (Wildman–Crippen LogP) is 1.24. The second-order valence-electron chi connectivity index (χ2n) is 6.11. The molecule has 1 aromatic rings. The van der Waals surface area contributed by atoms with E-state index < -0.39 is 11.2 Å². The van der Waals surface area contributed by atoms with E-state index in [4.69, 9.17) is 4.65 Å². The summed E-state index contributed by atoms with van der Waals surface area (Å²) in [4.78, 5) is 11.6. The van der Waals surface area contributed by atoms with E-state index >= 15 is 0 Å². The number of nitrogens with zero attached hydrogens (tertiary/aromatic N) is 1. The molecule has 4 nitrogen and oxygen atoms in total. The number of rotatable bonds is 5. The molecule has 0 saturated heterocycles. The van der Waals surface area contributed by atoms with Gasteiger partial charge in [0.25, 0.3) is 5.56 Å². The molecule has 1 N–H and O–H groups in total. The Morgan fingerprint density at radius 2 is 1.84 bits per heavy atom. The van der Waals surface area contributed by atoms with E-state index in [1.807, 2.05) is 27.7 Å². The molecule has 0 amide bonds. The molecule has 1 heterocycles. The number of hydrogen-bond donors (Lipinski definition) is 1. The van der Waals surface area contributed by atoms with Crippen molar-refractivity contribution in [1.29, 1.82) is 0 Å². The first-order chi connectivity index (χ1) is 8.54. The van der Waals surface area contributed by atoms with Gasteiger partial charge in [0.2, 0.25) is 0 Å². The van der Waals surface area contributed by atoms with Gasteiger partial charge in [0, 0.05) is 18.3 Å². The zero-order valence-corrected chi connectivity index (χ0v) is 12.6. The van der Waals surface area contributed by atoms with Crippen molar-refractivity contribution in [2.75, 3.05) is 0 Å². The number of pyridine rings is 1. The van der Waals surface area contributed by atoms with Crippen LogP contribution in [0.15, 0.2) is 23.1 Å². The third kappa shape index (κ3) is 3.95. The molecule has 1 rings (SSSR count). The topological polar surface area (TPSA) is 51.5 Å². The first-order valence-electron chi connectivity index (χ1n) is 6.50. The van der Waals surface area contributed by atoms with E-state index in [1.54, 1.807) is 38.2 Å². The van der Waals surface area contributed by atoms with E-state index in [1.165, 1.54) is 6.07 Å². The standard InChI is InChI=1S/C14H23BNO3/c1-10(2)16-9-11(7-8-12(16)17)15-19-14(5,6)13(3,4)18/h7-10,18H,1-6H3. The Bertz CT molecular complexity index is 486. The molecule has 1 aromatic heterocycles. The van der Waals surface area contributed by atoms with Crippen LogP contribution >= 0.6 is 0 Å². The Morgan fingerprint density at radius 3 is 2.32 bits per heavy atom. The maximum atomic E-state index is 11.6. The van der Waals surface area contributed by atoms with Crippen molar-refractivity contribution in [2.24, 2.45) is 0 Å². The third-order valence-electron chi connectivity index (χ3n) is 3.48. The largest absolute Gasteiger partial charge is 0.427 e. The fourth-order valence-corrected chi connectivity index (χ4v) is 1.35. The highest BCUT2D eigenvalue weighted by Gasteiger charge is 2.35. The first-order valence-corrected chi connectivity index (χ1v) is 6.50. The summed E-state index contributed by atoms with van der Waals surface area (Å²) in [7, 11) is 1.58. The molecule has 19 heavy (non-hydrogen) atoms. The van der Waals surface area contributed by atoms with Crippen LogP contribution in [-0.4, -0.2) is 28.4 Å². The normalized spacial score (nSPS) is 12.8. The lowest BCUT2D eigenvalue weighted by atomic mass is 9.83. The van der Waals surface area contributed by atoms with Gasteiger partial charge in [-0.3, -0.25) is 4.79 Å². The number of aromatic nitrogens is 1. The quantitative estimate of drug-likeness (QED) is 0.814. The molecule has 5 heteroatoms. The molecule has 0 bridgehead atoms. The molecule has 0 saturated carbocycles. The molecular formula is C14H23BNO3. The van der Waals surface area contributed by atoms with Gasteiger partial charge < -0.3 is 14.3 Å². The van der Waals surface area contributed by atoms with E-state index in [-0.39, 0.29) is 11.6 Å². The Morgan fingerprint density at radius 1 is 1.26 bits per heavy atom. The van der Waals surface area contributed by atoms with Crippen LogP contribution in [0.25, 0.3) is 0 Å². The molecule has 0 aliphatic heterocycles. The lowest BCUT2D eigenvalue weighted by Gasteiger charge is -2.37. The summed E-state index contributed by atoms with van der Waals surface area (Å²) in [5, 5.41) is 10.0. The van der Waals surface area contributed by atoms with Crippen molar-refractivity contribution in [3.8, 4) is 0 Å². The average molecular weight is 264 g/mol. The minimum absolute atomic E-state index is 0.0334.